The van der Waals surface area contributed by atoms with E-state index in [0.717, 1.165) is 57.3 Å². The van der Waals surface area contributed by atoms with Gasteiger partial charge in [0.25, 0.3) is 0 Å². The third-order valence-electron chi connectivity index (χ3n) is 9.22. The molecular formula is C33H46N2O5. The molecule has 1 aliphatic heterocycles. The Morgan fingerprint density at radius 1 is 1.07 bits per heavy atom. The number of likely N-dealkylation sites (tertiary alicyclic amines) is 1. The van der Waals surface area contributed by atoms with Crippen molar-refractivity contribution in [3.63, 3.8) is 0 Å². The smallest absolute Gasteiger partial charge is 0.325 e. The van der Waals surface area contributed by atoms with Crippen LogP contribution in [0.15, 0.2) is 54.6 Å². The number of hydrogen-bond acceptors (Lipinski definition) is 6. The van der Waals surface area contributed by atoms with E-state index in [1.807, 2.05) is 30.3 Å². The molecule has 2 N–H and O–H groups in total. The summed E-state index contributed by atoms with van der Waals surface area (Å²) >= 11 is 0. The summed E-state index contributed by atoms with van der Waals surface area (Å²) in [6.07, 6.45) is 5.87. The first-order valence-electron chi connectivity index (χ1n) is 14.8. The number of aromatic hydroxyl groups is 1. The molecule has 2 aromatic carbocycles. The number of hydrogen-bond donors (Lipinski definition) is 2. The molecule has 3 atom stereocenters. The first kappa shape index (κ1) is 30.1. The van der Waals surface area contributed by atoms with Gasteiger partial charge in [-0.2, -0.15) is 0 Å². The van der Waals surface area contributed by atoms with E-state index in [1.165, 1.54) is 5.56 Å². The quantitative estimate of drug-likeness (QED) is 0.389. The van der Waals surface area contributed by atoms with Crippen LogP contribution in [0.2, 0.25) is 0 Å². The summed E-state index contributed by atoms with van der Waals surface area (Å²) in [7, 11) is 1.72. The third-order valence-corrected chi connectivity index (χ3v) is 9.22. The summed E-state index contributed by atoms with van der Waals surface area (Å²) in [6, 6.07) is 17.7. The number of esters is 1. The molecule has 7 heteroatoms. The van der Waals surface area contributed by atoms with Gasteiger partial charge >= 0.3 is 5.97 Å². The maximum atomic E-state index is 13.3. The molecule has 2 fully saturated rings. The van der Waals surface area contributed by atoms with E-state index in [1.54, 1.807) is 13.2 Å². The number of phenols is 1. The Bertz CT molecular complexity index is 1100. The standard InChI is InChI=1S/C33H46N2O5/c1-24-23-35(19-17-33(24,2)27-10-7-11-28(36)21-27)18-16-26(20-25-8-5-4-6-9-25)32(38)34-22-31(37)40-30-14-12-29(39-3)13-15-30/h4-11,21,24,26,29-30,36H,12-20,22-23H2,1-3H3,(H,34,38). The molecule has 1 amide bonds. The van der Waals surface area contributed by atoms with E-state index in [4.69, 9.17) is 9.47 Å². The van der Waals surface area contributed by atoms with Gasteiger partial charge in [0.05, 0.1) is 6.10 Å². The van der Waals surface area contributed by atoms with Crippen molar-refractivity contribution in [3.8, 4) is 5.75 Å². The maximum absolute atomic E-state index is 13.3. The molecule has 1 saturated heterocycles. The van der Waals surface area contributed by atoms with Gasteiger partial charge in [0.1, 0.15) is 18.4 Å². The molecule has 2 aromatic rings. The zero-order chi connectivity index (χ0) is 28.5. The molecule has 4 rings (SSSR count). The lowest BCUT2D eigenvalue weighted by atomic mass is 9.68. The van der Waals surface area contributed by atoms with E-state index >= 15 is 0 Å². The van der Waals surface area contributed by atoms with Crippen LogP contribution in [0.5, 0.6) is 5.75 Å². The van der Waals surface area contributed by atoms with Crippen molar-refractivity contribution in [2.45, 2.75) is 76.4 Å². The largest absolute Gasteiger partial charge is 0.508 e. The zero-order valence-electron chi connectivity index (χ0n) is 24.3. The summed E-state index contributed by atoms with van der Waals surface area (Å²) < 4.78 is 11.0. The van der Waals surface area contributed by atoms with Gasteiger partial charge in [0, 0.05) is 19.6 Å². The van der Waals surface area contributed by atoms with Crippen LogP contribution in [-0.4, -0.2) is 67.4 Å². The lowest BCUT2D eigenvalue weighted by molar-refractivity contribution is -0.151. The summed E-state index contributed by atoms with van der Waals surface area (Å²) in [5.74, 6) is 0.00741. The van der Waals surface area contributed by atoms with Gasteiger partial charge in [-0.05, 0) is 92.6 Å². The lowest BCUT2D eigenvalue weighted by Crippen LogP contribution is -2.48. The molecule has 0 aromatic heterocycles. The van der Waals surface area contributed by atoms with Crippen molar-refractivity contribution in [1.82, 2.24) is 10.2 Å². The molecule has 0 radical (unpaired) electrons. The SMILES string of the molecule is COC1CCC(OC(=O)CNC(=O)C(CCN2CCC(C)(c3cccc(O)c3)C(C)C2)Cc2ccccc2)CC1. The fourth-order valence-electron chi connectivity index (χ4n) is 6.29. The second kappa shape index (κ2) is 14.1. The van der Waals surface area contributed by atoms with Crippen LogP contribution in [0.1, 0.15) is 63.5 Å². The van der Waals surface area contributed by atoms with Crippen molar-refractivity contribution < 1.29 is 24.2 Å². The van der Waals surface area contributed by atoms with E-state index < -0.39 is 0 Å². The number of rotatable bonds is 11. The first-order chi connectivity index (χ1) is 19.3. The molecule has 1 aliphatic carbocycles. The number of ether oxygens (including phenoxy) is 2. The second-order valence-electron chi connectivity index (χ2n) is 11.9. The molecular weight excluding hydrogens is 504 g/mol. The molecule has 2 aliphatic rings. The van der Waals surface area contributed by atoms with Crippen LogP contribution in [0, 0.1) is 11.8 Å². The Labute approximate surface area is 239 Å². The van der Waals surface area contributed by atoms with Gasteiger partial charge < -0.3 is 24.8 Å². The maximum Gasteiger partial charge on any atom is 0.325 e. The van der Waals surface area contributed by atoms with Crippen LogP contribution in [0.4, 0.5) is 0 Å². The highest BCUT2D eigenvalue weighted by atomic mass is 16.5. The number of nitrogens with one attached hydrogen (secondary N) is 1. The summed E-state index contributed by atoms with van der Waals surface area (Å²) in [6.45, 7) is 7.16. The monoisotopic (exact) mass is 550 g/mol. The minimum Gasteiger partial charge on any atom is -0.508 e. The fraction of sp³-hybridized carbons (Fsp3) is 0.576. The van der Waals surface area contributed by atoms with Gasteiger partial charge in [-0.25, -0.2) is 0 Å². The average Bonchev–Trinajstić information content (AvgIpc) is 2.96. The second-order valence-corrected chi connectivity index (χ2v) is 11.9. The molecule has 40 heavy (non-hydrogen) atoms. The summed E-state index contributed by atoms with van der Waals surface area (Å²) in [5, 5.41) is 12.9. The highest BCUT2D eigenvalue weighted by Crippen LogP contribution is 2.40. The third kappa shape index (κ3) is 8.07. The molecule has 1 saturated carbocycles. The molecule has 7 nitrogen and oxygen atoms in total. The van der Waals surface area contributed by atoms with E-state index in [-0.39, 0.29) is 42.0 Å². The summed E-state index contributed by atoms with van der Waals surface area (Å²) in [4.78, 5) is 28.3. The minimum absolute atomic E-state index is 0.000769. The number of carbonyl (C=O) groups is 2. The number of nitrogens with zero attached hydrogens (tertiary/aromatic N) is 1. The van der Waals surface area contributed by atoms with Gasteiger partial charge in [-0.15, -0.1) is 0 Å². The molecule has 0 spiro atoms. The normalized spacial score (nSPS) is 26.1. The Hall–Kier alpha value is -2.90. The molecule has 3 unspecified atom stereocenters. The Morgan fingerprint density at radius 3 is 2.48 bits per heavy atom. The van der Waals surface area contributed by atoms with E-state index in [9.17, 15) is 14.7 Å². The van der Waals surface area contributed by atoms with Crippen LogP contribution >= 0.6 is 0 Å². The van der Waals surface area contributed by atoms with E-state index in [0.29, 0.717) is 24.5 Å². The predicted molar refractivity (Wildman–Crippen MR) is 156 cm³/mol. The molecule has 218 valence electrons. The van der Waals surface area contributed by atoms with Gasteiger partial charge in [0.15, 0.2) is 0 Å². The number of carbonyl (C=O) groups excluding carboxylic acids is 2. The highest BCUT2D eigenvalue weighted by Gasteiger charge is 2.38. The van der Waals surface area contributed by atoms with Crippen molar-refractivity contribution >= 4 is 11.9 Å². The predicted octanol–water partition coefficient (Wildman–Crippen LogP) is 4.86. The van der Waals surface area contributed by atoms with Crippen molar-refractivity contribution in [2.75, 3.05) is 33.3 Å². The number of phenolic OH excluding ortho intramolecular Hbond substituents is 1. The van der Waals surface area contributed by atoms with Gasteiger partial charge in [-0.1, -0.05) is 56.3 Å². The summed E-state index contributed by atoms with van der Waals surface area (Å²) in [5.41, 5.74) is 2.29. The number of methoxy groups -OCH3 is 1. The Balaban J connectivity index is 1.30. The van der Waals surface area contributed by atoms with Crippen LogP contribution in [0.3, 0.4) is 0 Å². The number of amides is 1. The Morgan fingerprint density at radius 2 is 1.80 bits per heavy atom. The average molecular weight is 551 g/mol. The number of piperidine rings is 1. The van der Waals surface area contributed by atoms with Crippen LogP contribution in [0.25, 0.3) is 0 Å². The number of benzene rings is 2. The van der Waals surface area contributed by atoms with Crippen molar-refractivity contribution in [3.05, 3.63) is 65.7 Å². The molecule has 1 heterocycles. The van der Waals surface area contributed by atoms with Gasteiger partial charge in [-0.3, -0.25) is 9.59 Å². The lowest BCUT2D eigenvalue weighted by Gasteiger charge is -2.45. The fourth-order valence-corrected chi connectivity index (χ4v) is 6.29. The van der Waals surface area contributed by atoms with E-state index in [2.05, 4.69) is 42.3 Å². The van der Waals surface area contributed by atoms with Crippen LogP contribution < -0.4 is 5.32 Å². The highest BCUT2D eigenvalue weighted by molar-refractivity contribution is 5.83. The van der Waals surface area contributed by atoms with Crippen LogP contribution in [-0.2, 0) is 30.9 Å². The van der Waals surface area contributed by atoms with Crippen molar-refractivity contribution in [1.29, 1.82) is 0 Å². The molecule has 0 bridgehead atoms. The Kier molecular flexibility index (Phi) is 10.6. The topological polar surface area (TPSA) is 88.1 Å². The first-order valence-corrected chi connectivity index (χ1v) is 14.8. The minimum atomic E-state index is -0.372. The zero-order valence-corrected chi connectivity index (χ0v) is 24.3. The van der Waals surface area contributed by atoms with Gasteiger partial charge in [0.2, 0.25) is 5.91 Å². The van der Waals surface area contributed by atoms with Crippen molar-refractivity contribution in [2.24, 2.45) is 11.8 Å².